The molecule has 0 atom stereocenters. The van der Waals surface area contributed by atoms with Crippen LogP contribution in [-0.2, 0) is 6.61 Å². The van der Waals surface area contributed by atoms with Crippen molar-refractivity contribution in [2.24, 2.45) is 0 Å². The Balaban J connectivity index is 3.20. The molecule has 0 amide bonds. The summed E-state index contributed by atoms with van der Waals surface area (Å²) >= 11 is 5.57. The first kappa shape index (κ1) is 10.3. The van der Waals surface area contributed by atoms with Crippen LogP contribution in [0.4, 0.5) is 8.78 Å². The monoisotopic (exact) mass is 207 g/mol. The molecule has 0 aliphatic heterocycles. The predicted molar refractivity (Wildman–Crippen MR) is 44.9 cm³/mol. The zero-order chi connectivity index (χ0) is 10.0. The van der Waals surface area contributed by atoms with Crippen molar-refractivity contribution < 1.29 is 13.9 Å². The van der Waals surface area contributed by atoms with E-state index in [2.05, 4.69) is 4.98 Å². The second-order valence-electron chi connectivity index (χ2n) is 2.59. The lowest BCUT2D eigenvalue weighted by Crippen LogP contribution is -1.98. The van der Waals surface area contributed by atoms with Crippen molar-refractivity contribution >= 4 is 11.6 Å². The summed E-state index contributed by atoms with van der Waals surface area (Å²) in [4.78, 5) is 3.46. The topological polar surface area (TPSA) is 33.1 Å². The van der Waals surface area contributed by atoms with Crippen molar-refractivity contribution in [1.29, 1.82) is 0 Å². The number of rotatable bonds is 2. The van der Waals surface area contributed by atoms with E-state index >= 15 is 0 Å². The Morgan fingerprint density at radius 2 is 2.23 bits per heavy atom. The Hall–Kier alpha value is -0.740. The molecule has 0 aliphatic carbocycles. The van der Waals surface area contributed by atoms with Crippen molar-refractivity contribution in [3.63, 3.8) is 0 Å². The number of halogens is 3. The van der Waals surface area contributed by atoms with E-state index in [0.29, 0.717) is 11.1 Å². The van der Waals surface area contributed by atoms with Gasteiger partial charge in [-0.3, -0.25) is 0 Å². The number of aryl methyl sites for hydroxylation is 1. The molecule has 0 saturated heterocycles. The molecule has 13 heavy (non-hydrogen) atoms. The Kier molecular flexibility index (Phi) is 3.17. The van der Waals surface area contributed by atoms with Gasteiger partial charge in [0.05, 0.1) is 6.61 Å². The number of pyridine rings is 1. The number of aliphatic hydroxyl groups is 1. The Morgan fingerprint density at radius 3 is 2.62 bits per heavy atom. The number of nitrogens with zero attached hydrogens (tertiary/aromatic N) is 1. The predicted octanol–water partition coefficient (Wildman–Crippen LogP) is 2.47. The van der Waals surface area contributed by atoms with Crippen LogP contribution in [-0.4, -0.2) is 10.1 Å². The molecule has 1 rings (SSSR count). The minimum Gasteiger partial charge on any atom is -0.392 e. The van der Waals surface area contributed by atoms with Gasteiger partial charge in [0, 0.05) is 5.56 Å². The summed E-state index contributed by atoms with van der Waals surface area (Å²) in [6, 6.07) is 1.22. The molecule has 2 nitrogen and oxygen atoms in total. The summed E-state index contributed by atoms with van der Waals surface area (Å²) in [5.41, 5.74) is 0.559. The first-order valence-corrected chi connectivity index (χ1v) is 3.99. The van der Waals surface area contributed by atoms with Gasteiger partial charge in [-0.1, -0.05) is 11.6 Å². The third-order valence-corrected chi connectivity index (χ3v) is 2.01. The fourth-order valence-corrected chi connectivity index (χ4v) is 1.29. The number of aliphatic hydroxyl groups excluding tert-OH is 1. The fourth-order valence-electron chi connectivity index (χ4n) is 0.986. The normalized spacial score (nSPS) is 10.9. The third-order valence-electron chi connectivity index (χ3n) is 1.70. The summed E-state index contributed by atoms with van der Waals surface area (Å²) in [6.07, 6.45) is -2.64. The van der Waals surface area contributed by atoms with Gasteiger partial charge >= 0.3 is 0 Å². The van der Waals surface area contributed by atoms with Crippen LogP contribution in [0.3, 0.4) is 0 Å². The van der Waals surface area contributed by atoms with Crippen molar-refractivity contribution in [3.05, 3.63) is 28.0 Å². The summed E-state index contributed by atoms with van der Waals surface area (Å²) in [6.45, 7) is 1.31. The van der Waals surface area contributed by atoms with Gasteiger partial charge in [-0.15, -0.1) is 0 Å². The third kappa shape index (κ3) is 2.14. The van der Waals surface area contributed by atoms with Crippen molar-refractivity contribution in [2.45, 2.75) is 20.0 Å². The fraction of sp³-hybridized carbons (Fsp3) is 0.375. The van der Waals surface area contributed by atoms with Crippen LogP contribution in [0.1, 0.15) is 23.2 Å². The first-order valence-electron chi connectivity index (χ1n) is 3.61. The van der Waals surface area contributed by atoms with E-state index < -0.39 is 6.43 Å². The lowest BCUT2D eigenvalue weighted by atomic mass is 10.1. The molecular formula is C8H8ClF2NO. The summed E-state index contributed by atoms with van der Waals surface area (Å²) in [7, 11) is 0. The molecule has 0 fully saturated rings. The Morgan fingerprint density at radius 1 is 1.62 bits per heavy atom. The highest BCUT2D eigenvalue weighted by atomic mass is 35.5. The first-order chi connectivity index (χ1) is 6.06. The maximum absolute atomic E-state index is 12.2. The van der Waals surface area contributed by atoms with Crippen molar-refractivity contribution in [1.82, 2.24) is 4.98 Å². The smallest absolute Gasteiger partial charge is 0.280 e. The highest BCUT2D eigenvalue weighted by molar-refractivity contribution is 6.30. The molecule has 1 aromatic rings. The van der Waals surface area contributed by atoms with E-state index in [1.165, 1.54) is 6.07 Å². The molecule has 0 aromatic carbocycles. The van der Waals surface area contributed by atoms with E-state index in [0.717, 1.165) is 0 Å². The zero-order valence-electron chi connectivity index (χ0n) is 6.89. The number of hydrogen-bond acceptors (Lipinski definition) is 2. The van der Waals surface area contributed by atoms with Crippen LogP contribution in [0.5, 0.6) is 0 Å². The van der Waals surface area contributed by atoms with Crippen LogP contribution >= 0.6 is 11.6 Å². The second kappa shape index (κ2) is 3.98. The molecule has 1 N–H and O–H groups in total. The molecule has 1 heterocycles. The maximum Gasteiger partial charge on any atom is 0.280 e. The van der Waals surface area contributed by atoms with Crippen LogP contribution < -0.4 is 0 Å². The molecule has 5 heteroatoms. The number of aromatic nitrogens is 1. The van der Waals surface area contributed by atoms with Crippen molar-refractivity contribution in [3.8, 4) is 0 Å². The van der Waals surface area contributed by atoms with Crippen LogP contribution in [0.15, 0.2) is 6.07 Å². The van der Waals surface area contributed by atoms with Gasteiger partial charge < -0.3 is 5.11 Å². The van der Waals surface area contributed by atoms with E-state index in [1.807, 2.05) is 0 Å². The van der Waals surface area contributed by atoms with E-state index in [4.69, 9.17) is 16.7 Å². The minimum atomic E-state index is -2.64. The quantitative estimate of drug-likeness (QED) is 0.756. The van der Waals surface area contributed by atoms with Gasteiger partial charge in [-0.25, -0.2) is 13.8 Å². The van der Waals surface area contributed by atoms with Crippen molar-refractivity contribution in [2.75, 3.05) is 0 Å². The molecule has 0 bridgehead atoms. The van der Waals surface area contributed by atoms with Gasteiger partial charge in [-0.05, 0) is 18.6 Å². The van der Waals surface area contributed by atoms with Gasteiger partial charge in [0.2, 0.25) is 0 Å². The molecule has 1 aromatic heterocycles. The average Bonchev–Trinajstić information content (AvgIpc) is 2.03. The van der Waals surface area contributed by atoms with Crippen LogP contribution in [0, 0.1) is 6.92 Å². The zero-order valence-corrected chi connectivity index (χ0v) is 7.65. The Labute approximate surface area is 79.2 Å². The molecule has 0 spiro atoms. The molecule has 0 aliphatic rings. The largest absolute Gasteiger partial charge is 0.392 e. The van der Waals surface area contributed by atoms with Crippen LogP contribution in [0.25, 0.3) is 0 Å². The summed E-state index contributed by atoms with van der Waals surface area (Å²) < 4.78 is 24.4. The van der Waals surface area contributed by atoms with E-state index in [9.17, 15) is 8.78 Å². The highest BCUT2D eigenvalue weighted by Crippen LogP contribution is 2.24. The van der Waals surface area contributed by atoms with Gasteiger partial charge in [0.1, 0.15) is 10.8 Å². The molecule has 0 saturated carbocycles. The van der Waals surface area contributed by atoms with E-state index in [-0.39, 0.29) is 17.5 Å². The highest BCUT2D eigenvalue weighted by Gasteiger charge is 2.13. The molecule has 72 valence electrons. The van der Waals surface area contributed by atoms with E-state index in [1.54, 1.807) is 6.92 Å². The van der Waals surface area contributed by atoms with Gasteiger partial charge in [-0.2, -0.15) is 0 Å². The molecular weight excluding hydrogens is 200 g/mol. The average molecular weight is 208 g/mol. The number of alkyl halides is 2. The Bertz CT molecular complexity index is 294. The summed E-state index contributed by atoms with van der Waals surface area (Å²) in [5.74, 6) is 0. The maximum atomic E-state index is 12.2. The van der Waals surface area contributed by atoms with Gasteiger partial charge in [0.25, 0.3) is 6.43 Å². The molecule has 0 radical (unpaired) electrons. The second-order valence-corrected chi connectivity index (χ2v) is 2.95. The molecule has 0 unspecified atom stereocenters. The minimum absolute atomic E-state index is 0.0576. The standard InChI is InChI=1S/C8H8ClF2NO/c1-4-2-6(8(10)11)12-7(9)5(4)3-13/h2,8,13H,3H2,1H3. The summed E-state index contributed by atoms with van der Waals surface area (Å²) in [5, 5.41) is 8.76. The lowest BCUT2D eigenvalue weighted by molar-refractivity contribution is 0.146. The van der Waals surface area contributed by atoms with Gasteiger partial charge in [0.15, 0.2) is 0 Å². The lowest BCUT2D eigenvalue weighted by Gasteiger charge is -2.07. The SMILES string of the molecule is Cc1cc(C(F)F)nc(Cl)c1CO. The number of hydrogen-bond donors (Lipinski definition) is 1. The van der Waals surface area contributed by atoms with Crippen LogP contribution in [0.2, 0.25) is 5.15 Å².